The smallest absolute Gasteiger partial charge is 0.127 e. The van der Waals surface area contributed by atoms with Gasteiger partial charge in [-0.05, 0) is 44.5 Å². The Kier molecular flexibility index (Phi) is 3.76. The monoisotopic (exact) mass is 338 g/mol. The maximum Gasteiger partial charge on any atom is 0.127 e. The van der Waals surface area contributed by atoms with Crippen molar-refractivity contribution in [1.29, 1.82) is 0 Å². The molecule has 0 amide bonds. The van der Waals surface area contributed by atoms with Crippen molar-refractivity contribution in [3.05, 3.63) is 47.5 Å². The van der Waals surface area contributed by atoms with Gasteiger partial charge in [-0.1, -0.05) is 78.9 Å². The van der Waals surface area contributed by atoms with Crippen LogP contribution in [0, 0.1) is 0 Å². The van der Waals surface area contributed by atoms with Crippen molar-refractivity contribution < 1.29 is 4.74 Å². The largest absolute Gasteiger partial charge is 0.458 e. The molecule has 0 saturated carbocycles. The van der Waals surface area contributed by atoms with Gasteiger partial charge in [0, 0.05) is 0 Å². The predicted molar refractivity (Wildman–Crippen MR) is 107 cm³/mol. The number of hydrogen-bond donors (Lipinski definition) is 0. The number of fused-ring (bicyclic) bond motifs is 2. The summed E-state index contributed by atoms with van der Waals surface area (Å²) < 4.78 is 6.42. The Hall–Kier alpha value is -1.54. The van der Waals surface area contributed by atoms with Crippen LogP contribution in [0.25, 0.3) is 0 Å². The van der Waals surface area contributed by atoms with Gasteiger partial charge in [0.15, 0.2) is 0 Å². The summed E-state index contributed by atoms with van der Waals surface area (Å²) in [7, 11) is -1.79. The average Bonchev–Trinajstić information content (AvgIpc) is 2.44. The van der Waals surface area contributed by atoms with Crippen LogP contribution < -0.4 is 15.1 Å². The van der Waals surface area contributed by atoms with Crippen LogP contribution in [0.2, 0.25) is 13.1 Å². The van der Waals surface area contributed by atoms with Gasteiger partial charge in [-0.3, -0.25) is 0 Å². The molecule has 0 bridgehead atoms. The fourth-order valence-electron chi connectivity index (χ4n) is 3.73. The maximum atomic E-state index is 6.42. The molecule has 0 fully saturated rings. The first-order valence-electron chi connectivity index (χ1n) is 8.89. The summed E-state index contributed by atoms with van der Waals surface area (Å²) in [5.74, 6) is 2.13. The van der Waals surface area contributed by atoms with E-state index in [1.165, 1.54) is 21.5 Å². The highest BCUT2D eigenvalue weighted by Crippen LogP contribution is 2.35. The summed E-state index contributed by atoms with van der Waals surface area (Å²) in [5, 5.41) is 2.88. The molecule has 0 aromatic heterocycles. The van der Waals surface area contributed by atoms with Crippen LogP contribution in [0.4, 0.5) is 0 Å². The quantitative estimate of drug-likeness (QED) is 0.599. The molecular weight excluding hydrogens is 308 g/mol. The van der Waals surface area contributed by atoms with Crippen molar-refractivity contribution in [2.45, 2.75) is 65.5 Å². The molecule has 0 atom stereocenters. The van der Waals surface area contributed by atoms with E-state index in [-0.39, 0.29) is 10.8 Å². The zero-order chi connectivity index (χ0) is 17.9. The van der Waals surface area contributed by atoms with E-state index in [1.807, 2.05) is 0 Å². The summed E-state index contributed by atoms with van der Waals surface area (Å²) in [6, 6.07) is 13.4. The highest BCUT2D eigenvalue weighted by atomic mass is 28.3. The lowest BCUT2D eigenvalue weighted by atomic mass is 9.86. The molecule has 0 saturated heterocycles. The zero-order valence-corrected chi connectivity index (χ0v) is 17.4. The third-order valence-electron chi connectivity index (χ3n) is 5.20. The van der Waals surface area contributed by atoms with Gasteiger partial charge in [0.25, 0.3) is 0 Å². The van der Waals surface area contributed by atoms with Gasteiger partial charge in [0.1, 0.15) is 19.6 Å². The molecule has 1 aliphatic heterocycles. The number of rotatable bonds is 0. The van der Waals surface area contributed by atoms with Crippen molar-refractivity contribution in [2.75, 3.05) is 0 Å². The van der Waals surface area contributed by atoms with E-state index in [1.54, 1.807) is 0 Å². The molecule has 0 N–H and O–H groups in total. The summed E-state index contributed by atoms with van der Waals surface area (Å²) in [5.41, 5.74) is 3.03. The van der Waals surface area contributed by atoms with Crippen molar-refractivity contribution >= 4 is 18.4 Å². The summed E-state index contributed by atoms with van der Waals surface area (Å²) in [6.07, 6.45) is 0. The van der Waals surface area contributed by atoms with Crippen molar-refractivity contribution in [1.82, 2.24) is 0 Å². The Bertz CT molecular complexity index is 789. The molecule has 0 aliphatic carbocycles. The molecule has 2 heteroatoms. The summed E-state index contributed by atoms with van der Waals surface area (Å²) >= 11 is 0. The van der Waals surface area contributed by atoms with E-state index in [0.717, 1.165) is 11.5 Å². The molecule has 0 spiro atoms. The van der Waals surface area contributed by atoms with E-state index in [4.69, 9.17) is 4.74 Å². The Morgan fingerprint density at radius 3 is 2.04 bits per heavy atom. The van der Waals surface area contributed by atoms with E-state index in [0.29, 0.717) is 0 Å². The predicted octanol–water partition coefficient (Wildman–Crippen LogP) is 5.21. The lowest BCUT2D eigenvalue weighted by molar-refractivity contribution is 0.479. The third kappa shape index (κ3) is 2.71. The minimum Gasteiger partial charge on any atom is -0.458 e. The Morgan fingerprint density at radius 1 is 0.792 bits per heavy atom. The van der Waals surface area contributed by atoms with Gasteiger partial charge in [0.05, 0.1) is 0 Å². The van der Waals surface area contributed by atoms with Gasteiger partial charge in [-0.25, -0.2) is 0 Å². The van der Waals surface area contributed by atoms with Gasteiger partial charge in [0.2, 0.25) is 0 Å². The number of benzene rings is 2. The maximum absolute atomic E-state index is 6.42. The molecule has 1 heterocycles. The first-order chi connectivity index (χ1) is 10.9. The van der Waals surface area contributed by atoms with E-state index < -0.39 is 8.07 Å². The Morgan fingerprint density at radius 2 is 1.46 bits per heavy atom. The number of hydrogen-bond acceptors (Lipinski definition) is 1. The first-order valence-corrected chi connectivity index (χ1v) is 11.9. The topological polar surface area (TPSA) is 9.23 Å². The second-order valence-corrected chi connectivity index (χ2v) is 13.9. The standard InChI is InChI=1S/C22H30OSi/c1-21(2,3)15-12-13-19-18(14-15)23-17-11-9-10-16(22(4,5)6)20(17)24(19,7)8/h9-14H,1-8H3. The second-order valence-electron chi connectivity index (χ2n) is 9.62. The van der Waals surface area contributed by atoms with Gasteiger partial charge >= 0.3 is 0 Å². The zero-order valence-electron chi connectivity index (χ0n) is 16.4. The van der Waals surface area contributed by atoms with Crippen molar-refractivity contribution in [2.24, 2.45) is 0 Å². The molecule has 1 aliphatic rings. The SMILES string of the molecule is CC(C)(C)c1ccc2c(c1)Oc1cccc(C(C)(C)C)c1[Si]2(C)C. The molecule has 2 aromatic rings. The first kappa shape index (κ1) is 17.3. The van der Waals surface area contributed by atoms with Crippen LogP contribution >= 0.6 is 0 Å². The highest BCUT2D eigenvalue weighted by Gasteiger charge is 2.40. The Balaban J connectivity index is 2.23. The van der Waals surface area contributed by atoms with Crippen molar-refractivity contribution in [3.8, 4) is 11.5 Å². The minimum absolute atomic E-state index is 0.127. The normalized spacial score (nSPS) is 16.2. The molecule has 24 heavy (non-hydrogen) atoms. The van der Waals surface area contributed by atoms with Crippen LogP contribution in [0.15, 0.2) is 36.4 Å². The molecule has 0 radical (unpaired) electrons. The lowest BCUT2D eigenvalue weighted by Crippen LogP contribution is -2.58. The van der Waals surface area contributed by atoms with Crippen LogP contribution in [0.5, 0.6) is 11.5 Å². The van der Waals surface area contributed by atoms with E-state index >= 15 is 0 Å². The third-order valence-corrected chi connectivity index (χ3v) is 8.73. The Labute approximate surface area is 148 Å². The molecule has 128 valence electrons. The molecule has 3 rings (SSSR count). The fraction of sp³-hybridized carbons (Fsp3) is 0.455. The summed E-state index contributed by atoms with van der Waals surface area (Å²) in [6.45, 7) is 18.6. The average molecular weight is 339 g/mol. The van der Waals surface area contributed by atoms with Crippen LogP contribution in [-0.2, 0) is 10.8 Å². The summed E-state index contributed by atoms with van der Waals surface area (Å²) in [4.78, 5) is 0. The van der Waals surface area contributed by atoms with E-state index in [2.05, 4.69) is 91.0 Å². The molecular formula is C22H30OSi. The van der Waals surface area contributed by atoms with Gasteiger partial charge in [-0.2, -0.15) is 0 Å². The van der Waals surface area contributed by atoms with Crippen molar-refractivity contribution in [3.63, 3.8) is 0 Å². The molecule has 2 aromatic carbocycles. The van der Waals surface area contributed by atoms with Gasteiger partial charge < -0.3 is 4.74 Å². The van der Waals surface area contributed by atoms with Crippen LogP contribution in [-0.4, -0.2) is 8.07 Å². The fourth-order valence-corrected chi connectivity index (χ4v) is 7.12. The lowest BCUT2D eigenvalue weighted by Gasteiger charge is -2.38. The van der Waals surface area contributed by atoms with Gasteiger partial charge in [-0.15, -0.1) is 0 Å². The van der Waals surface area contributed by atoms with Crippen LogP contribution in [0.3, 0.4) is 0 Å². The highest BCUT2D eigenvalue weighted by molar-refractivity contribution is 7.02. The second kappa shape index (κ2) is 5.22. The minimum atomic E-state index is -1.79. The number of ether oxygens (including phenoxy) is 1. The molecule has 0 unspecified atom stereocenters. The molecule has 1 nitrogen and oxygen atoms in total. The van der Waals surface area contributed by atoms with E-state index in [9.17, 15) is 0 Å². The van der Waals surface area contributed by atoms with Crippen LogP contribution in [0.1, 0.15) is 52.7 Å².